The van der Waals surface area contributed by atoms with Crippen LogP contribution in [-0.2, 0) is 18.0 Å². The van der Waals surface area contributed by atoms with Crippen molar-refractivity contribution in [2.75, 3.05) is 26.4 Å². The van der Waals surface area contributed by atoms with E-state index in [-0.39, 0.29) is 0 Å². The molecule has 0 saturated heterocycles. The Bertz CT molecular complexity index is 500. The summed E-state index contributed by atoms with van der Waals surface area (Å²) < 4.78 is 23.9. The van der Waals surface area contributed by atoms with Crippen LogP contribution in [0.25, 0.3) is 0 Å². The molecular formula is C21H35ClO4Si. The third kappa shape index (κ3) is 7.48. The Labute approximate surface area is 170 Å². The summed E-state index contributed by atoms with van der Waals surface area (Å²) in [7, 11) is -2.53. The molecule has 0 unspecified atom stereocenters. The van der Waals surface area contributed by atoms with Crippen LogP contribution in [0.1, 0.15) is 64.4 Å². The molecule has 1 aliphatic carbocycles. The Balaban J connectivity index is 1.70. The van der Waals surface area contributed by atoms with Gasteiger partial charge < -0.3 is 18.0 Å². The molecule has 0 aromatic heterocycles. The predicted octanol–water partition coefficient (Wildman–Crippen LogP) is 5.82. The predicted molar refractivity (Wildman–Crippen MR) is 112 cm³/mol. The second-order valence-corrected chi connectivity index (χ2v) is 10.2. The highest BCUT2D eigenvalue weighted by molar-refractivity contribution is 6.60. The van der Waals surface area contributed by atoms with Crippen molar-refractivity contribution < 1.29 is 18.0 Å². The van der Waals surface area contributed by atoms with E-state index in [1.54, 1.807) is 0 Å². The minimum absolute atomic E-state index is 0.371. The number of rotatable bonds is 12. The van der Waals surface area contributed by atoms with Crippen LogP contribution in [0.5, 0.6) is 0 Å². The average Bonchev–Trinajstić information content (AvgIpc) is 2.67. The van der Waals surface area contributed by atoms with E-state index in [1.165, 1.54) is 18.4 Å². The summed E-state index contributed by atoms with van der Waals surface area (Å²) in [5, 5.41) is 0.807. The van der Waals surface area contributed by atoms with Crippen molar-refractivity contribution in [3.8, 4) is 0 Å². The van der Waals surface area contributed by atoms with Gasteiger partial charge in [-0.25, -0.2) is 0 Å². The molecule has 1 saturated carbocycles. The van der Waals surface area contributed by atoms with Crippen LogP contribution < -0.4 is 0 Å². The zero-order chi connectivity index (χ0) is 19.5. The fraction of sp³-hybridized carbons (Fsp3) is 0.714. The molecule has 2 rings (SSSR count). The lowest BCUT2D eigenvalue weighted by Crippen LogP contribution is -2.46. The van der Waals surface area contributed by atoms with Gasteiger partial charge in [0.15, 0.2) is 0 Å². The molecule has 0 spiro atoms. The van der Waals surface area contributed by atoms with Gasteiger partial charge in [-0.05, 0) is 76.5 Å². The molecule has 0 aliphatic heterocycles. The highest BCUT2D eigenvalue weighted by Crippen LogP contribution is 2.34. The van der Waals surface area contributed by atoms with E-state index in [2.05, 4.69) is 12.1 Å². The Morgan fingerprint density at radius 3 is 1.96 bits per heavy atom. The van der Waals surface area contributed by atoms with Crippen molar-refractivity contribution >= 4 is 20.4 Å². The fourth-order valence-electron chi connectivity index (χ4n) is 3.84. The smallest absolute Gasteiger partial charge is 0.378 e. The summed E-state index contributed by atoms with van der Waals surface area (Å²) in [6, 6.07) is 9.12. The minimum Gasteiger partial charge on any atom is -0.378 e. The van der Waals surface area contributed by atoms with Gasteiger partial charge in [0.25, 0.3) is 0 Å². The highest BCUT2D eigenvalue weighted by Gasteiger charge is 2.39. The Morgan fingerprint density at radius 1 is 0.889 bits per heavy atom. The van der Waals surface area contributed by atoms with Gasteiger partial charge in [-0.15, -0.1) is 0 Å². The van der Waals surface area contributed by atoms with E-state index in [9.17, 15) is 0 Å². The lowest BCUT2D eigenvalue weighted by atomic mass is 9.83. The van der Waals surface area contributed by atoms with Crippen LogP contribution in [0.4, 0.5) is 0 Å². The van der Waals surface area contributed by atoms with Crippen LogP contribution in [-0.4, -0.2) is 41.3 Å². The summed E-state index contributed by atoms with van der Waals surface area (Å²) in [5.41, 5.74) is 1.40. The first kappa shape index (κ1) is 22.9. The third-order valence-corrected chi connectivity index (χ3v) is 8.49. The Morgan fingerprint density at radius 2 is 1.44 bits per heavy atom. The Kier molecular flexibility index (Phi) is 10.3. The molecule has 0 amide bonds. The standard InChI is InChI=1S/C21H35ClO4Si/c1-4-24-27(25-5-2,26-6-3)17-7-16-23-21-14-10-19(11-15-21)18-8-12-20(22)13-9-18/h8-9,12-13,19,21H,4-7,10-11,14-17H2,1-3H3. The van der Waals surface area contributed by atoms with Crippen LogP contribution in [0.2, 0.25) is 11.1 Å². The molecule has 27 heavy (non-hydrogen) atoms. The summed E-state index contributed by atoms with van der Waals surface area (Å²) in [4.78, 5) is 0. The first-order chi connectivity index (χ1) is 13.1. The monoisotopic (exact) mass is 414 g/mol. The van der Waals surface area contributed by atoms with E-state index in [0.29, 0.717) is 31.8 Å². The molecule has 1 aliphatic rings. The number of hydrogen-bond donors (Lipinski definition) is 0. The Hall–Kier alpha value is -0.433. The van der Waals surface area contributed by atoms with Crippen molar-refractivity contribution in [3.05, 3.63) is 34.9 Å². The van der Waals surface area contributed by atoms with Crippen LogP contribution in [0.15, 0.2) is 24.3 Å². The SMILES string of the molecule is CCO[Si](CCCOC1CCC(c2ccc(Cl)cc2)CC1)(OCC)OCC. The summed E-state index contributed by atoms with van der Waals surface area (Å²) >= 11 is 5.99. The molecule has 4 nitrogen and oxygen atoms in total. The van der Waals surface area contributed by atoms with Gasteiger partial charge in [-0.3, -0.25) is 0 Å². The minimum atomic E-state index is -2.53. The van der Waals surface area contributed by atoms with Gasteiger partial charge in [0.05, 0.1) is 6.10 Å². The van der Waals surface area contributed by atoms with Gasteiger partial charge in [0.1, 0.15) is 0 Å². The first-order valence-electron chi connectivity index (χ1n) is 10.4. The summed E-state index contributed by atoms with van der Waals surface area (Å²) in [6.45, 7) is 8.61. The summed E-state index contributed by atoms with van der Waals surface area (Å²) in [6.07, 6.45) is 5.90. The molecule has 0 heterocycles. The van der Waals surface area contributed by atoms with E-state index in [1.807, 2.05) is 32.9 Å². The lowest BCUT2D eigenvalue weighted by molar-refractivity contribution is 0.0202. The van der Waals surface area contributed by atoms with Gasteiger partial charge in [0, 0.05) is 37.5 Å². The van der Waals surface area contributed by atoms with Gasteiger partial charge in [-0.1, -0.05) is 23.7 Å². The quantitative estimate of drug-likeness (QED) is 0.319. The van der Waals surface area contributed by atoms with Gasteiger partial charge in [0.2, 0.25) is 0 Å². The topological polar surface area (TPSA) is 36.9 Å². The van der Waals surface area contributed by atoms with E-state index < -0.39 is 8.80 Å². The van der Waals surface area contributed by atoms with E-state index in [4.69, 9.17) is 29.6 Å². The van der Waals surface area contributed by atoms with Crippen molar-refractivity contribution in [3.63, 3.8) is 0 Å². The normalized spacial score (nSPS) is 20.7. The van der Waals surface area contributed by atoms with Crippen molar-refractivity contribution in [2.24, 2.45) is 0 Å². The molecule has 154 valence electrons. The van der Waals surface area contributed by atoms with Crippen LogP contribution in [0, 0.1) is 0 Å². The van der Waals surface area contributed by atoms with Gasteiger partial charge in [-0.2, -0.15) is 0 Å². The first-order valence-corrected chi connectivity index (χ1v) is 12.7. The number of halogens is 1. The zero-order valence-corrected chi connectivity index (χ0v) is 18.8. The van der Waals surface area contributed by atoms with Crippen molar-refractivity contribution in [1.29, 1.82) is 0 Å². The second kappa shape index (κ2) is 12.2. The third-order valence-electron chi connectivity index (χ3n) is 5.09. The van der Waals surface area contributed by atoms with Crippen LogP contribution >= 0.6 is 11.6 Å². The molecule has 0 bridgehead atoms. The maximum absolute atomic E-state index is 6.15. The molecule has 0 N–H and O–H groups in total. The van der Waals surface area contributed by atoms with Crippen LogP contribution in [0.3, 0.4) is 0 Å². The zero-order valence-electron chi connectivity index (χ0n) is 17.0. The molecule has 0 atom stereocenters. The highest BCUT2D eigenvalue weighted by atomic mass is 35.5. The molecule has 0 radical (unpaired) electrons. The van der Waals surface area contributed by atoms with Crippen molar-refractivity contribution in [2.45, 2.75) is 70.9 Å². The van der Waals surface area contributed by atoms with E-state index in [0.717, 1.165) is 36.9 Å². The van der Waals surface area contributed by atoms with E-state index >= 15 is 0 Å². The largest absolute Gasteiger partial charge is 0.501 e. The maximum atomic E-state index is 6.15. The molecule has 1 fully saturated rings. The van der Waals surface area contributed by atoms with Crippen molar-refractivity contribution in [1.82, 2.24) is 0 Å². The number of benzene rings is 1. The maximum Gasteiger partial charge on any atom is 0.501 e. The molecule has 1 aromatic carbocycles. The molecule has 6 heteroatoms. The van der Waals surface area contributed by atoms with Gasteiger partial charge >= 0.3 is 8.80 Å². The fourth-order valence-corrected chi connectivity index (χ4v) is 6.54. The second-order valence-electron chi connectivity index (χ2n) is 6.98. The lowest BCUT2D eigenvalue weighted by Gasteiger charge is -2.30. The number of ether oxygens (including phenoxy) is 1. The molecule has 1 aromatic rings. The number of hydrogen-bond acceptors (Lipinski definition) is 4. The molecular weight excluding hydrogens is 380 g/mol. The summed E-state index contributed by atoms with van der Waals surface area (Å²) in [5.74, 6) is 0.635. The average molecular weight is 415 g/mol.